The summed E-state index contributed by atoms with van der Waals surface area (Å²) in [7, 11) is -3.83. The standard InChI is InChI=1S/C10H15FN2O2S.ClH/c1-7-3-4-9(11)10(5-7)16(14,15)13-8(2)6-12;/h3-5,8,13H,6,12H2,1-2H3;1H/t8-;/m1./s1. The second kappa shape index (κ2) is 6.30. The summed E-state index contributed by atoms with van der Waals surface area (Å²) in [6, 6.07) is 3.52. The molecule has 0 heterocycles. The molecular formula is C10H16ClFN2O2S. The summed E-state index contributed by atoms with van der Waals surface area (Å²) in [6.45, 7) is 3.47. The number of hydrogen-bond donors (Lipinski definition) is 2. The largest absolute Gasteiger partial charge is 0.329 e. The number of aryl methyl sites for hydroxylation is 1. The highest BCUT2D eigenvalue weighted by Crippen LogP contribution is 2.16. The van der Waals surface area contributed by atoms with E-state index in [4.69, 9.17) is 5.73 Å². The third kappa shape index (κ3) is 4.23. The summed E-state index contributed by atoms with van der Waals surface area (Å²) in [4.78, 5) is -0.340. The van der Waals surface area contributed by atoms with Crippen molar-refractivity contribution >= 4 is 22.4 Å². The number of rotatable bonds is 4. The van der Waals surface area contributed by atoms with E-state index in [0.29, 0.717) is 5.56 Å². The molecule has 0 aliphatic heterocycles. The number of hydrogen-bond acceptors (Lipinski definition) is 3. The van der Waals surface area contributed by atoms with Gasteiger partial charge in [-0.25, -0.2) is 17.5 Å². The highest BCUT2D eigenvalue weighted by molar-refractivity contribution is 7.89. The van der Waals surface area contributed by atoms with Crippen LogP contribution in [0.5, 0.6) is 0 Å². The van der Waals surface area contributed by atoms with E-state index in [1.807, 2.05) is 0 Å². The van der Waals surface area contributed by atoms with Crippen LogP contribution in [0.3, 0.4) is 0 Å². The predicted molar refractivity (Wildman–Crippen MR) is 67.2 cm³/mol. The van der Waals surface area contributed by atoms with E-state index >= 15 is 0 Å². The molecule has 0 amide bonds. The molecule has 4 nitrogen and oxygen atoms in total. The highest BCUT2D eigenvalue weighted by atomic mass is 35.5. The highest BCUT2D eigenvalue weighted by Gasteiger charge is 2.20. The van der Waals surface area contributed by atoms with Crippen LogP contribution in [-0.2, 0) is 10.0 Å². The minimum atomic E-state index is -3.83. The fourth-order valence-corrected chi connectivity index (χ4v) is 2.61. The van der Waals surface area contributed by atoms with E-state index in [9.17, 15) is 12.8 Å². The molecule has 0 unspecified atom stereocenters. The lowest BCUT2D eigenvalue weighted by Gasteiger charge is -2.12. The van der Waals surface area contributed by atoms with Crippen LogP contribution in [0.4, 0.5) is 4.39 Å². The minimum absolute atomic E-state index is 0. The van der Waals surface area contributed by atoms with Gasteiger partial charge in [-0.15, -0.1) is 12.4 Å². The summed E-state index contributed by atoms with van der Waals surface area (Å²) in [5.74, 6) is -0.762. The van der Waals surface area contributed by atoms with Gasteiger partial charge in [0.2, 0.25) is 10.0 Å². The molecule has 0 saturated heterocycles. The molecule has 7 heteroatoms. The summed E-state index contributed by atoms with van der Waals surface area (Å²) in [5, 5.41) is 0. The van der Waals surface area contributed by atoms with Crippen molar-refractivity contribution in [2.75, 3.05) is 6.54 Å². The first-order valence-corrected chi connectivity index (χ1v) is 6.33. The molecule has 0 saturated carbocycles. The number of sulfonamides is 1. The maximum absolute atomic E-state index is 13.4. The first kappa shape index (κ1) is 16.3. The van der Waals surface area contributed by atoms with Crippen molar-refractivity contribution in [3.63, 3.8) is 0 Å². The van der Waals surface area contributed by atoms with E-state index < -0.39 is 21.9 Å². The summed E-state index contributed by atoms with van der Waals surface area (Å²) in [5.41, 5.74) is 5.99. The monoisotopic (exact) mass is 282 g/mol. The molecule has 0 aliphatic rings. The predicted octanol–water partition coefficient (Wildman–Crippen LogP) is 1.18. The van der Waals surface area contributed by atoms with Crippen molar-refractivity contribution in [3.8, 4) is 0 Å². The Morgan fingerprint density at radius 2 is 2.06 bits per heavy atom. The zero-order valence-electron chi connectivity index (χ0n) is 9.60. The molecule has 0 fully saturated rings. The second-order valence-electron chi connectivity index (χ2n) is 3.69. The van der Waals surface area contributed by atoms with Gasteiger partial charge < -0.3 is 5.73 Å². The van der Waals surface area contributed by atoms with Gasteiger partial charge in [-0.05, 0) is 31.5 Å². The van der Waals surface area contributed by atoms with E-state index in [0.717, 1.165) is 6.07 Å². The van der Waals surface area contributed by atoms with E-state index in [2.05, 4.69) is 4.72 Å². The third-order valence-corrected chi connectivity index (χ3v) is 3.69. The Labute approximate surface area is 107 Å². The Morgan fingerprint density at radius 1 is 1.47 bits per heavy atom. The van der Waals surface area contributed by atoms with Gasteiger partial charge >= 0.3 is 0 Å². The molecule has 0 bridgehead atoms. The normalized spacial score (nSPS) is 12.9. The molecule has 0 aliphatic carbocycles. The van der Waals surface area contributed by atoms with Gasteiger partial charge in [0.1, 0.15) is 10.7 Å². The molecule has 1 aromatic carbocycles. The van der Waals surface area contributed by atoms with Crippen LogP contribution in [0.15, 0.2) is 23.1 Å². The Morgan fingerprint density at radius 3 is 2.59 bits per heavy atom. The topological polar surface area (TPSA) is 72.2 Å². The minimum Gasteiger partial charge on any atom is -0.329 e. The first-order chi connectivity index (χ1) is 7.36. The number of benzene rings is 1. The van der Waals surface area contributed by atoms with Crippen molar-refractivity contribution < 1.29 is 12.8 Å². The molecule has 98 valence electrons. The van der Waals surface area contributed by atoms with Gasteiger partial charge in [-0.2, -0.15) is 0 Å². The summed E-state index contributed by atoms with van der Waals surface area (Å²) < 4.78 is 39.2. The zero-order chi connectivity index (χ0) is 12.3. The van der Waals surface area contributed by atoms with Crippen molar-refractivity contribution in [2.45, 2.75) is 24.8 Å². The molecule has 0 radical (unpaired) electrons. The van der Waals surface area contributed by atoms with Gasteiger partial charge in [0.15, 0.2) is 0 Å². The van der Waals surface area contributed by atoms with Gasteiger partial charge in [-0.3, -0.25) is 0 Å². The fourth-order valence-electron chi connectivity index (χ4n) is 1.19. The van der Waals surface area contributed by atoms with Crippen molar-refractivity contribution in [1.82, 2.24) is 4.72 Å². The zero-order valence-corrected chi connectivity index (χ0v) is 11.2. The molecule has 0 spiro atoms. The van der Waals surface area contributed by atoms with E-state index in [1.54, 1.807) is 13.8 Å². The van der Waals surface area contributed by atoms with Crippen LogP contribution in [-0.4, -0.2) is 21.0 Å². The molecule has 3 N–H and O–H groups in total. The van der Waals surface area contributed by atoms with Gasteiger partial charge in [0.05, 0.1) is 0 Å². The van der Waals surface area contributed by atoms with Crippen LogP contribution in [0.25, 0.3) is 0 Å². The lowest BCUT2D eigenvalue weighted by molar-refractivity contribution is 0.544. The van der Waals surface area contributed by atoms with Crippen LogP contribution >= 0.6 is 12.4 Å². The van der Waals surface area contributed by atoms with E-state index in [-0.39, 0.29) is 23.8 Å². The van der Waals surface area contributed by atoms with Gasteiger partial charge in [0.25, 0.3) is 0 Å². The molecule has 17 heavy (non-hydrogen) atoms. The van der Waals surface area contributed by atoms with Crippen LogP contribution in [0.1, 0.15) is 12.5 Å². The second-order valence-corrected chi connectivity index (χ2v) is 5.37. The Balaban J connectivity index is 0.00000256. The molecule has 1 aromatic rings. The summed E-state index contributed by atoms with van der Waals surface area (Å²) >= 11 is 0. The van der Waals surface area contributed by atoms with Crippen molar-refractivity contribution in [1.29, 1.82) is 0 Å². The summed E-state index contributed by atoms with van der Waals surface area (Å²) in [6.07, 6.45) is 0. The third-order valence-electron chi connectivity index (χ3n) is 2.09. The van der Waals surface area contributed by atoms with Crippen LogP contribution < -0.4 is 10.5 Å². The quantitative estimate of drug-likeness (QED) is 0.871. The number of nitrogens with one attached hydrogen (secondary N) is 1. The SMILES string of the molecule is Cc1ccc(F)c(S(=O)(=O)N[C@H](C)CN)c1.Cl. The molecule has 1 rings (SSSR count). The molecule has 1 atom stereocenters. The van der Waals surface area contributed by atoms with Crippen molar-refractivity contribution in [3.05, 3.63) is 29.6 Å². The maximum Gasteiger partial charge on any atom is 0.243 e. The maximum atomic E-state index is 13.4. The fraction of sp³-hybridized carbons (Fsp3) is 0.400. The average molecular weight is 283 g/mol. The van der Waals surface area contributed by atoms with Crippen LogP contribution in [0, 0.1) is 12.7 Å². The number of nitrogens with two attached hydrogens (primary N) is 1. The van der Waals surface area contributed by atoms with E-state index in [1.165, 1.54) is 12.1 Å². The Hall–Kier alpha value is -0.690. The Bertz CT molecular complexity index is 479. The number of halogens is 2. The van der Waals surface area contributed by atoms with Gasteiger partial charge in [0, 0.05) is 12.6 Å². The Kier molecular flexibility index (Phi) is 6.04. The molecule has 0 aromatic heterocycles. The molecular weight excluding hydrogens is 267 g/mol. The lowest BCUT2D eigenvalue weighted by Crippen LogP contribution is -2.38. The lowest BCUT2D eigenvalue weighted by atomic mass is 10.2. The first-order valence-electron chi connectivity index (χ1n) is 4.85. The van der Waals surface area contributed by atoms with Gasteiger partial charge in [-0.1, -0.05) is 6.07 Å². The van der Waals surface area contributed by atoms with Crippen LogP contribution in [0.2, 0.25) is 0 Å². The smallest absolute Gasteiger partial charge is 0.243 e. The van der Waals surface area contributed by atoms with Crippen molar-refractivity contribution in [2.24, 2.45) is 5.73 Å². The average Bonchev–Trinajstić information content (AvgIpc) is 2.20.